The zero-order valence-electron chi connectivity index (χ0n) is 7.20. The SMILES string of the molecule is COc1cc(Cl)cc(C)c1[N+](=O)[O-]. The predicted molar refractivity (Wildman–Crippen MR) is 49.4 cm³/mol. The smallest absolute Gasteiger partial charge is 0.313 e. The fourth-order valence-corrected chi connectivity index (χ4v) is 1.36. The number of methoxy groups -OCH3 is 1. The monoisotopic (exact) mass is 201 g/mol. The summed E-state index contributed by atoms with van der Waals surface area (Å²) in [5.41, 5.74) is 0.459. The third-order valence-corrected chi connectivity index (χ3v) is 1.85. The molecular weight excluding hydrogens is 194 g/mol. The minimum atomic E-state index is -0.482. The van der Waals surface area contributed by atoms with Crippen LogP contribution in [0.5, 0.6) is 5.75 Å². The molecule has 0 amide bonds. The van der Waals surface area contributed by atoms with Gasteiger partial charge in [0.15, 0.2) is 5.75 Å². The number of nitro groups is 1. The van der Waals surface area contributed by atoms with Crippen LogP contribution < -0.4 is 4.74 Å². The maximum absolute atomic E-state index is 10.6. The average Bonchev–Trinajstić information content (AvgIpc) is 2.01. The molecule has 0 aromatic heterocycles. The molecule has 0 aliphatic rings. The Bertz CT molecular complexity index is 351. The van der Waals surface area contributed by atoms with Crippen LogP contribution in [0.25, 0.3) is 0 Å². The second-order valence-corrected chi connectivity index (χ2v) is 2.97. The zero-order chi connectivity index (χ0) is 10.0. The lowest BCUT2D eigenvalue weighted by Gasteiger charge is -2.04. The Hall–Kier alpha value is -1.29. The van der Waals surface area contributed by atoms with Crippen molar-refractivity contribution in [3.63, 3.8) is 0 Å². The van der Waals surface area contributed by atoms with Crippen LogP contribution in [0.15, 0.2) is 12.1 Å². The summed E-state index contributed by atoms with van der Waals surface area (Å²) in [6.45, 7) is 1.62. The predicted octanol–water partition coefficient (Wildman–Crippen LogP) is 2.57. The maximum Gasteiger partial charge on any atom is 0.313 e. The quantitative estimate of drug-likeness (QED) is 0.546. The molecule has 0 heterocycles. The highest BCUT2D eigenvalue weighted by Gasteiger charge is 2.18. The Kier molecular flexibility index (Phi) is 2.72. The van der Waals surface area contributed by atoms with Crippen molar-refractivity contribution in [3.05, 3.63) is 32.8 Å². The van der Waals surface area contributed by atoms with Crippen LogP contribution in [0.4, 0.5) is 5.69 Å². The van der Waals surface area contributed by atoms with Crippen molar-refractivity contribution in [2.45, 2.75) is 6.92 Å². The molecule has 5 heteroatoms. The van der Waals surface area contributed by atoms with Crippen LogP contribution in [0.3, 0.4) is 0 Å². The standard InChI is InChI=1S/C8H8ClNO3/c1-5-3-6(9)4-7(13-2)8(5)10(11)12/h3-4H,1-2H3. The third-order valence-electron chi connectivity index (χ3n) is 1.63. The van der Waals surface area contributed by atoms with Gasteiger partial charge in [-0.1, -0.05) is 11.6 Å². The minimum Gasteiger partial charge on any atom is -0.490 e. The summed E-state index contributed by atoms with van der Waals surface area (Å²) >= 11 is 5.70. The number of aryl methyl sites for hydroxylation is 1. The van der Waals surface area contributed by atoms with Crippen LogP contribution in [-0.4, -0.2) is 12.0 Å². The summed E-state index contributed by atoms with van der Waals surface area (Å²) in [4.78, 5) is 10.1. The highest BCUT2D eigenvalue weighted by Crippen LogP contribution is 2.33. The minimum absolute atomic E-state index is 0.0353. The number of hydrogen-bond acceptors (Lipinski definition) is 3. The van der Waals surface area contributed by atoms with E-state index in [0.29, 0.717) is 10.6 Å². The van der Waals surface area contributed by atoms with Crippen molar-refractivity contribution in [1.82, 2.24) is 0 Å². The molecular formula is C8H8ClNO3. The molecule has 1 aromatic rings. The fraction of sp³-hybridized carbons (Fsp3) is 0.250. The first-order chi connectivity index (χ1) is 6.06. The lowest BCUT2D eigenvalue weighted by atomic mass is 10.2. The highest BCUT2D eigenvalue weighted by atomic mass is 35.5. The van der Waals surface area contributed by atoms with Gasteiger partial charge < -0.3 is 4.74 Å². The van der Waals surface area contributed by atoms with Crippen molar-refractivity contribution in [2.24, 2.45) is 0 Å². The van der Waals surface area contributed by atoms with E-state index in [1.165, 1.54) is 19.2 Å². The van der Waals surface area contributed by atoms with Gasteiger partial charge in [-0.3, -0.25) is 10.1 Å². The van der Waals surface area contributed by atoms with Crippen LogP contribution in [0.1, 0.15) is 5.56 Å². The van der Waals surface area contributed by atoms with Crippen LogP contribution in [0, 0.1) is 17.0 Å². The van der Waals surface area contributed by atoms with Gasteiger partial charge in [0, 0.05) is 16.7 Å². The number of nitro benzene ring substituents is 1. The Morgan fingerprint density at radius 1 is 1.54 bits per heavy atom. The van der Waals surface area contributed by atoms with Gasteiger partial charge in [0.25, 0.3) is 0 Å². The van der Waals surface area contributed by atoms with Gasteiger partial charge in [-0.05, 0) is 13.0 Å². The van der Waals surface area contributed by atoms with E-state index in [4.69, 9.17) is 16.3 Å². The first-order valence-electron chi connectivity index (χ1n) is 3.54. The average molecular weight is 202 g/mol. The molecule has 0 atom stereocenters. The van der Waals surface area contributed by atoms with Crippen molar-refractivity contribution in [2.75, 3.05) is 7.11 Å². The normalized spacial score (nSPS) is 9.77. The zero-order valence-corrected chi connectivity index (χ0v) is 7.96. The second-order valence-electron chi connectivity index (χ2n) is 2.53. The lowest BCUT2D eigenvalue weighted by molar-refractivity contribution is -0.386. The summed E-state index contributed by atoms with van der Waals surface area (Å²) in [6, 6.07) is 2.95. The molecule has 0 N–H and O–H groups in total. The fourth-order valence-electron chi connectivity index (χ4n) is 1.09. The first kappa shape index (κ1) is 9.80. The number of rotatable bonds is 2. The molecule has 1 rings (SSSR count). The van der Waals surface area contributed by atoms with Crippen LogP contribution in [-0.2, 0) is 0 Å². The third kappa shape index (κ3) is 1.89. The van der Waals surface area contributed by atoms with Gasteiger partial charge in [-0.25, -0.2) is 0 Å². The van der Waals surface area contributed by atoms with Crippen molar-refractivity contribution >= 4 is 17.3 Å². The number of nitrogens with zero attached hydrogens (tertiary/aromatic N) is 1. The number of benzene rings is 1. The number of ether oxygens (including phenoxy) is 1. The Morgan fingerprint density at radius 2 is 2.15 bits per heavy atom. The van der Waals surface area contributed by atoms with Crippen molar-refractivity contribution in [3.8, 4) is 5.75 Å². The highest BCUT2D eigenvalue weighted by molar-refractivity contribution is 6.30. The number of hydrogen-bond donors (Lipinski definition) is 0. The topological polar surface area (TPSA) is 52.4 Å². The van der Waals surface area contributed by atoms with Crippen LogP contribution in [0.2, 0.25) is 5.02 Å². The van der Waals surface area contributed by atoms with E-state index in [1.54, 1.807) is 6.92 Å². The van der Waals surface area contributed by atoms with Gasteiger partial charge in [0.1, 0.15) is 0 Å². The molecule has 70 valence electrons. The molecule has 4 nitrogen and oxygen atoms in total. The van der Waals surface area contributed by atoms with E-state index in [-0.39, 0.29) is 11.4 Å². The molecule has 0 saturated carbocycles. The summed E-state index contributed by atoms with van der Waals surface area (Å²) in [5.74, 6) is 0.190. The molecule has 0 spiro atoms. The molecule has 0 radical (unpaired) electrons. The van der Waals surface area contributed by atoms with Gasteiger partial charge in [-0.15, -0.1) is 0 Å². The lowest BCUT2D eigenvalue weighted by Crippen LogP contribution is -1.96. The number of halogens is 1. The maximum atomic E-state index is 10.6. The Balaban J connectivity index is 3.38. The molecule has 0 saturated heterocycles. The van der Waals surface area contributed by atoms with E-state index in [9.17, 15) is 10.1 Å². The Labute approximate surface area is 80.2 Å². The van der Waals surface area contributed by atoms with Crippen molar-refractivity contribution in [1.29, 1.82) is 0 Å². The largest absolute Gasteiger partial charge is 0.490 e. The van der Waals surface area contributed by atoms with Gasteiger partial charge in [0.2, 0.25) is 0 Å². The summed E-state index contributed by atoms with van der Waals surface area (Å²) in [5, 5.41) is 11.0. The molecule has 0 bridgehead atoms. The van der Waals surface area contributed by atoms with E-state index in [0.717, 1.165) is 0 Å². The second kappa shape index (κ2) is 3.62. The van der Waals surface area contributed by atoms with Crippen LogP contribution >= 0.6 is 11.6 Å². The van der Waals surface area contributed by atoms with E-state index in [2.05, 4.69) is 0 Å². The Morgan fingerprint density at radius 3 is 2.62 bits per heavy atom. The molecule has 0 fully saturated rings. The van der Waals surface area contributed by atoms with E-state index in [1.807, 2.05) is 0 Å². The molecule has 0 unspecified atom stereocenters. The summed E-state index contributed by atoms with van der Waals surface area (Å²) in [7, 11) is 1.37. The van der Waals surface area contributed by atoms with Gasteiger partial charge in [-0.2, -0.15) is 0 Å². The van der Waals surface area contributed by atoms with E-state index < -0.39 is 4.92 Å². The van der Waals surface area contributed by atoms with Crippen molar-refractivity contribution < 1.29 is 9.66 Å². The van der Waals surface area contributed by atoms with E-state index >= 15 is 0 Å². The molecule has 1 aromatic carbocycles. The molecule has 0 aliphatic heterocycles. The van der Waals surface area contributed by atoms with Gasteiger partial charge >= 0.3 is 5.69 Å². The van der Waals surface area contributed by atoms with Gasteiger partial charge in [0.05, 0.1) is 12.0 Å². The molecule has 0 aliphatic carbocycles. The summed E-state index contributed by atoms with van der Waals surface area (Å²) in [6.07, 6.45) is 0. The molecule has 13 heavy (non-hydrogen) atoms. The summed E-state index contributed by atoms with van der Waals surface area (Å²) < 4.78 is 4.84. The first-order valence-corrected chi connectivity index (χ1v) is 3.92.